The van der Waals surface area contributed by atoms with Crippen molar-refractivity contribution in [2.75, 3.05) is 11.9 Å². The van der Waals surface area contributed by atoms with Crippen LogP contribution in [0.25, 0.3) is 0 Å². The van der Waals surface area contributed by atoms with E-state index in [0.717, 1.165) is 12.0 Å². The summed E-state index contributed by atoms with van der Waals surface area (Å²) in [6.45, 7) is 3.86. The normalized spacial score (nSPS) is 20.8. The van der Waals surface area contributed by atoms with Crippen LogP contribution in [0.3, 0.4) is 0 Å². The van der Waals surface area contributed by atoms with Gasteiger partial charge in [0, 0.05) is 16.6 Å². The van der Waals surface area contributed by atoms with Crippen molar-refractivity contribution in [3.63, 3.8) is 0 Å². The molecule has 0 heterocycles. The number of hydrogen-bond acceptors (Lipinski definition) is 2. The first-order valence-corrected chi connectivity index (χ1v) is 6.69. The zero-order valence-corrected chi connectivity index (χ0v) is 11.8. The zero-order valence-electron chi connectivity index (χ0n) is 11.0. The summed E-state index contributed by atoms with van der Waals surface area (Å²) in [5.41, 5.74) is 1.49. The highest BCUT2D eigenvalue weighted by Gasteiger charge is 2.38. The summed E-state index contributed by atoms with van der Waals surface area (Å²) in [5, 5.41) is 5.99. The van der Waals surface area contributed by atoms with E-state index in [4.69, 9.17) is 11.6 Å². The largest absolute Gasteiger partial charge is 0.347 e. The standard InChI is InChI=1S/C14H17ClN2O2/c1-8-6-10(8)14(19)16-7-13(18)17-12-5-3-4-11(15)9(12)2/h3-5,8,10H,6-7H2,1-2H3,(H,16,19)(H,17,18). The van der Waals surface area contributed by atoms with Gasteiger partial charge in [0.2, 0.25) is 11.8 Å². The van der Waals surface area contributed by atoms with E-state index in [2.05, 4.69) is 10.6 Å². The van der Waals surface area contributed by atoms with Crippen LogP contribution in [0.5, 0.6) is 0 Å². The highest BCUT2D eigenvalue weighted by Crippen LogP contribution is 2.37. The molecule has 0 saturated heterocycles. The predicted molar refractivity (Wildman–Crippen MR) is 75.1 cm³/mol. The van der Waals surface area contributed by atoms with Gasteiger partial charge in [-0.05, 0) is 37.0 Å². The first-order chi connectivity index (χ1) is 8.99. The molecule has 1 aliphatic rings. The summed E-state index contributed by atoms with van der Waals surface area (Å²) in [6, 6.07) is 5.32. The maximum atomic E-state index is 11.7. The summed E-state index contributed by atoms with van der Waals surface area (Å²) >= 11 is 5.97. The molecule has 2 unspecified atom stereocenters. The Labute approximate surface area is 117 Å². The van der Waals surface area contributed by atoms with Crippen LogP contribution in [0.4, 0.5) is 5.69 Å². The van der Waals surface area contributed by atoms with E-state index in [0.29, 0.717) is 16.6 Å². The number of nitrogens with one attached hydrogen (secondary N) is 2. The minimum absolute atomic E-state index is 0.00595. The molecule has 102 valence electrons. The topological polar surface area (TPSA) is 58.2 Å². The second-order valence-electron chi connectivity index (χ2n) is 5.00. The molecular formula is C14H17ClN2O2. The zero-order chi connectivity index (χ0) is 14.0. The molecule has 2 atom stereocenters. The van der Waals surface area contributed by atoms with Crippen molar-refractivity contribution in [1.82, 2.24) is 5.32 Å². The third-order valence-corrected chi connectivity index (χ3v) is 3.82. The van der Waals surface area contributed by atoms with Crippen molar-refractivity contribution in [3.8, 4) is 0 Å². The SMILES string of the molecule is Cc1c(Cl)cccc1NC(=O)CNC(=O)C1CC1C. The molecule has 0 spiro atoms. The lowest BCUT2D eigenvalue weighted by Crippen LogP contribution is -2.34. The minimum atomic E-state index is -0.244. The lowest BCUT2D eigenvalue weighted by Gasteiger charge is -2.10. The smallest absolute Gasteiger partial charge is 0.243 e. The Morgan fingerprint density at radius 3 is 2.74 bits per heavy atom. The summed E-state index contributed by atoms with van der Waals surface area (Å²) in [6.07, 6.45) is 0.918. The van der Waals surface area contributed by atoms with Gasteiger partial charge in [0.15, 0.2) is 0 Å². The molecule has 5 heteroatoms. The number of carbonyl (C=O) groups excluding carboxylic acids is 2. The molecule has 4 nitrogen and oxygen atoms in total. The third kappa shape index (κ3) is 3.47. The first kappa shape index (κ1) is 13.9. The molecule has 0 aliphatic heterocycles. The number of anilines is 1. The van der Waals surface area contributed by atoms with Crippen molar-refractivity contribution >= 4 is 29.1 Å². The average molecular weight is 281 g/mol. The summed E-state index contributed by atoms with van der Waals surface area (Å²) in [4.78, 5) is 23.3. The van der Waals surface area contributed by atoms with Crippen LogP contribution in [0.15, 0.2) is 18.2 Å². The Bertz CT molecular complexity index is 516. The monoisotopic (exact) mass is 280 g/mol. The summed E-state index contributed by atoms with van der Waals surface area (Å²) in [7, 11) is 0. The van der Waals surface area contributed by atoms with E-state index in [1.807, 2.05) is 13.8 Å². The van der Waals surface area contributed by atoms with E-state index >= 15 is 0 Å². The average Bonchev–Trinajstić information content (AvgIpc) is 3.09. The van der Waals surface area contributed by atoms with E-state index in [9.17, 15) is 9.59 Å². The number of rotatable bonds is 4. The lowest BCUT2D eigenvalue weighted by molar-refractivity contribution is -0.125. The van der Waals surface area contributed by atoms with Crippen LogP contribution in [-0.4, -0.2) is 18.4 Å². The van der Waals surface area contributed by atoms with E-state index in [1.165, 1.54) is 0 Å². The van der Waals surface area contributed by atoms with Crippen LogP contribution < -0.4 is 10.6 Å². The van der Waals surface area contributed by atoms with Crippen LogP contribution in [0.2, 0.25) is 5.02 Å². The molecule has 2 amide bonds. The number of halogens is 1. The van der Waals surface area contributed by atoms with Gasteiger partial charge in [-0.3, -0.25) is 9.59 Å². The maximum absolute atomic E-state index is 11.7. The highest BCUT2D eigenvalue weighted by molar-refractivity contribution is 6.31. The Morgan fingerprint density at radius 1 is 1.42 bits per heavy atom. The Hall–Kier alpha value is -1.55. The summed E-state index contributed by atoms with van der Waals surface area (Å²) < 4.78 is 0. The fraction of sp³-hybridized carbons (Fsp3) is 0.429. The van der Waals surface area contributed by atoms with Crippen LogP contribution in [0.1, 0.15) is 18.9 Å². The Kier molecular flexibility index (Phi) is 4.10. The quantitative estimate of drug-likeness (QED) is 0.889. The van der Waals surface area contributed by atoms with Gasteiger partial charge in [-0.2, -0.15) is 0 Å². The van der Waals surface area contributed by atoms with E-state index in [1.54, 1.807) is 18.2 Å². The van der Waals surface area contributed by atoms with Gasteiger partial charge in [0.25, 0.3) is 0 Å². The fourth-order valence-electron chi connectivity index (χ4n) is 1.92. The molecule has 1 saturated carbocycles. The van der Waals surface area contributed by atoms with Gasteiger partial charge < -0.3 is 10.6 Å². The van der Waals surface area contributed by atoms with Gasteiger partial charge >= 0.3 is 0 Å². The molecule has 0 radical (unpaired) electrons. The van der Waals surface area contributed by atoms with Crippen LogP contribution in [-0.2, 0) is 9.59 Å². The van der Waals surface area contributed by atoms with Crippen LogP contribution in [0, 0.1) is 18.8 Å². The molecule has 1 aromatic carbocycles. The fourth-order valence-corrected chi connectivity index (χ4v) is 2.10. The second kappa shape index (κ2) is 5.61. The van der Waals surface area contributed by atoms with Gasteiger partial charge in [-0.15, -0.1) is 0 Å². The molecule has 0 aromatic heterocycles. The molecule has 0 bridgehead atoms. The molecule has 2 N–H and O–H groups in total. The molecule has 1 aromatic rings. The Balaban J connectivity index is 1.84. The minimum Gasteiger partial charge on any atom is -0.347 e. The van der Waals surface area contributed by atoms with Gasteiger partial charge in [-0.25, -0.2) is 0 Å². The number of benzene rings is 1. The molecular weight excluding hydrogens is 264 g/mol. The highest BCUT2D eigenvalue weighted by atomic mass is 35.5. The van der Waals surface area contributed by atoms with Gasteiger partial charge in [-0.1, -0.05) is 24.6 Å². The third-order valence-electron chi connectivity index (χ3n) is 3.41. The van der Waals surface area contributed by atoms with Crippen molar-refractivity contribution in [2.24, 2.45) is 11.8 Å². The van der Waals surface area contributed by atoms with Crippen molar-refractivity contribution in [2.45, 2.75) is 20.3 Å². The molecule has 1 fully saturated rings. The summed E-state index contributed by atoms with van der Waals surface area (Å²) in [5.74, 6) is 0.247. The molecule has 19 heavy (non-hydrogen) atoms. The lowest BCUT2D eigenvalue weighted by atomic mass is 10.2. The first-order valence-electron chi connectivity index (χ1n) is 6.31. The maximum Gasteiger partial charge on any atom is 0.243 e. The van der Waals surface area contributed by atoms with Gasteiger partial charge in [0.1, 0.15) is 0 Å². The van der Waals surface area contributed by atoms with Crippen molar-refractivity contribution in [1.29, 1.82) is 0 Å². The predicted octanol–water partition coefficient (Wildman–Crippen LogP) is 2.36. The van der Waals surface area contributed by atoms with E-state index < -0.39 is 0 Å². The second-order valence-corrected chi connectivity index (χ2v) is 5.41. The number of hydrogen-bond donors (Lipinski definition) is 2. The molecule has 1 aliphatic carbocycles. The Morgan fingerprint density at radius 2 is 2.11 bits per heavy atom. The van der Waals surface area contributed by atoms with Crippen molar-refractivity contribution in [3.05, 3.63) is 28.8 Å². The van der Waals surface area contributed by atoms with E-state index in [-0.39, 0.29) is 24.3 Å². The van der Waals surface area contributed by atoms with Crippen molar-refractivity contribution < 1.29 is 9.59 Å². The number of carbonyl (C=O) groups is 2. The molecule has 2 rings (SSSR count). The van der Waals surface area contributed by atoms with Gasteiger partial charge in [0.05, 0.1) is 6.54 Å². The number of amides is 2. The van der Waals surface area contributed by atoms with Crippen LogP contribution >= 0.6 is 11.6 Å².